The fraction of sp³-hybridized carbons (Fsp3) is 0.412. The summed E-state index contributed by atoms with van der Waals surface area (Å²) in [5, 5.41) is 15.4. The number of fused-ring (bicyclic) bond motifs is 1. The molecule has 3 aromatic rings. The Kier molecular flexibility index (Phi) is 4.71. The van der Waals surface area contributed by atoms with Crippen LogP contribution in [0, 0.1) is 0 Å². The molecule has 0 saturated heterocycles. The van der Waals surface area contributed by atoms with Crippen molar-refractivity contribution in [2.24, 2.45) is 12.8 Å². The summed E-state index contributed by atoms with van der Waals surface area (Å²) in [6.45, 7) is 0. The van der Waals surface area contributed by atoms with Crippen molar-refractivity contribution in [3.63, 3.8) is 0 Å². The lowest BCUT2D eigenvalue weighted by Gasteiger charge is -2.26. The highest BCUT2D eigenvalue weighted by Gasteiger charge is 2.21. The predicted octanol–water partition coefficient (Wildman–Crippen LogP) is 2.42. The number of aryl methyl sites for hydroxylation is 1. The van der Waals surface area contributed by atoms with Gasteiger partial charge in [-0.15, -0.1) is 5.10 Å². The minimum atomic E-state index is 0.290. The Morgan fingerprint density at radius 2 is 1.93 bits per heavy atom. The second-order valence-corrected chi connectivity index (χ2v) is 7.37. The van der Waals surface area contributed by atoms with Gasteiger partial charge in [0.1, 0.15) is 0 Å². The fourth-order valence-electron chi connectivity index (χ4n) is 3.33. The first-order valence-corrected chi connectivity index (χ1v) is 9.28. The lowest BCUT2D eigenvalue weighted by atomic mass is 9.92. The van der Waals surface area contributed by atoms with Crippen LogP contribution in [0.1, 0.15) is 25.7 Å². The molecule has 0 unspecified atom stereocenters. The second-order valence-electron chi connectivity index (χ2n) is 6.94. The summed E-state index contributed by atoms with van der Waals surface area (Å²) >= 11 is 6.10. The van der Waals surface area contributed by atoms with E-state index in [9.17, 15) is 0 Å². The molecule has 1 aliphatic rings. The maximum Gasteiger partial charge on any atom is 0.227 e. The smallest absolute Gasteiger partial charge is 0.227 e. The molecule has 0 spiro atoms. The molecule has 9 nitrogen and oxygen atoms in total. The summed E-state index contributed by atoms with van der Waals surface area (Å²) < 4.78 is 1.62. The van der Waals surface area contributed by atoms with Gasteiger partial charge in [0.2, 0.25) is 5.95 Å². The van der Waals surface area contributed by atoms with E-state index in [1.54, 1.807) is 29.9 Å². The Labute approximate surface area is 161 Å². The van der Waals surface area contributed by atoms with Crippen LogP contribution >= 0.6 is 11.6 Å². The van der Waals surface area contributed by atoms with Crippen molar-refractivity contribution in [3.8, 4) is 0 Å². The van der Waals surface area contributed by atoms with Gasteiger partial charge < -0.3 is 22.1 Å². The highest BCUT2D eigenvalue weighted by Crippen LogP contribution is 2.28. The van der Waals surface area contributed by atoms with Gasteiger partial charge in [0, 0.05) is 35.5 Å². The minimum absolute atomic E-state index is 0.290. The summed E-state index contributed by atoms with van der Waals surface area (Å²) in [7, 11) is 1.80. The SMILES string of the molecule is Cn1nnc2c(Nc3cc(N)cc(Cl)c3)nc(NC3CCC(N)CC3)nc21. The van der Waals surface area contributed by atoms with Gasteiger partial charge in [-0.3, -0.25) is 0 Å². The van der Waals surface area contributed by atoms with Crippen molar-refractivity contribution < 1.29 is 0 Å². The normalized spacial score (nSPS) is 20.0. The molecule has 6 N–H and O–H groups in total. The lowest BCUT2D eigenvalue weighted by Crippen LogP contribution is -2.33. The molecule has 0 amide bonds. The van der Waals surface area contributed by atoms with Crippen molar-refractivity contribution in [1.82, 2.24) is 25.0 Å². The molecule has 0 aliphatic heterocycles. The number of rotatable bonds is 4. The molecule has 0 bridgehead atoms. The molecule has 1 aliphatic carbocycles. The van der Waals surface area contributed by atoms with Crippen LogP contribution in [0.25, 0.3) is 11.2 Å². The number of halogens is 1. The van der Waals surface area contributed by atoms with E-state index < -0.39 is 0 Å². The van der Waals surface area contributed by atoms with Gasteiger partial charge in [0.25, 0.3) is 0 Å². The van der Waals surface area contributed by atoms with Gasteiger partial charge in [-0.25, -0.2) is 4.68 Å². The Balaban J connectivity index is 1.66. The van der Waals surface area contributed by atoms with Gasteiger partial charge in [0.05, 0.1) is 0 Å². The average Bonchev–Trinajstić information content (AvgIpc) is 2.98. The van der Waals surface area contributed by atoms with E-state index >= 15 is 0 Å². The zero-order valence-electron chi connectivity index (χ0n) is 15.0. The largest absolute Gasteiger partial charge is 0.399 e. The summed E-state index contributed by atoms with van der Waals surface area (Å²) in [5.74, 6) is 1.08. The van der Waals surface area contributed by atoms with Gasteiger partial charge in [-0.05, 0) is 43.9 Å². The summed E-state index contributed by atoms with van der Waals surface area (Å²) in [6, 6.07) is 5.84. The summed E-state index contributed by atoms with van der Waals surface area (Å²) in [4.78, 5) is 9.20. The van der Waals surface area contributed by atoms with Crippen LogP contribution in [-0.4, -0.2) is 37.0 Å². The number of nitrogens with zero attached hydrogens (tertiary/aromatic N) is 5. The maximum absolute atomic E-state index is 6.10. The van der Waals surface area contributed by atoms with Crippen molar-refractivity contribution in [3.05, 3.63) is 23.2 Å². The zero-order chi connectivity index (χ0) is 19.0. The van der Waals surface area contributed by atoms with E-state index in [0.29, 0.717) is 45.7 Å². The molecule has 2 aromatic heterocycles. The molecule has 1 aromatic carbocycles. The first-order valence-electron chi connectivity index (χ1n) is 8.90. The maximum atomic E-state index is 6.10. The van der Waals surface area contributed by atoms with Crippen molar-refractivity contribution in [1.29, 1.82) is 0 Å². The van der Waals surface area contributed by atoms with Crippen LogP contribution in [-0.2, 0) is 7.05 Å². The third-order valence-electron chi connectivity index (χ3n) is 4.74. The van der Waals surface area contributed by atoms with Crippen LogP contribution < -0.4 is 22.1 Å². The van der Waals surface area contributed by atoms with Crippen molar-refractivity contribution >= 4 is 45.9 Å². The summed E-state index contributed by atoms with van der Waals surface area (Å²) in [6.07, 6.45) is 4.00. The van der Waals surface area contributed by atoms with E-state index in [1.165, 1.54) is 0 Å². The highest BCUT2D eigenvalue weighted by atomic mass is 35.5. The summed E-state index contributed by atoms with van der Waals surface area (Å²) in [5.41, 5.74) is 14.4. The first-order chi connectivity index (χ1) is 13.0. The van der Waals surface area contributed by atoms with Crippen molar-refractivity contribution in [2.45, 2.75) is 37.8 Å². The number of hydrogen-bond acceptors (Lipinski definition) is 8. The third kappa shape index (κ3) is 3.88. The number of aromatic nitrogens is 5. The molecule has 27 heavy (non-hydrogen) atoms. The quantitative estimate of drug-likeness (QED) is 0.501. The molecular weight excluding hydrogens is 366 g/mol. The van der Waals surface area contributed by atoms with Crippen LogP contribution in [0.15, 0.2) is 18.2 Å². The Hall–Kier alpha value is -2.65. The van der Waals surface area contributed by atoms with Gasteiger partial charge in [0.15, 0.2) is 17.0 Å². The van der Waals surface area contributed by atoms with E-state index in [1.807, 2.05) is 0 Å². The second kappa shape index (κ2) is 7.16. The van der Waals surface area contributed by atoms with Crippen LogP contribution in [0.2, 0.25) is 5.02 Å². The molecular formula is C17H22ClN9. The number of anilines is 4. The minimum Gasteiger partial charge on any atom is -0.399 e. The monoisotopic (exact) mass is 387 g/mol. The molecule has 142 valence electrons. The molecule has 10 heteroatoms. The number of benzene rings is 1. The van der Waals surface area contributed by atoms with E-state index in [-0.39, 0.29) is 0 Å². The standard InChI is InChI=1S/C17H22ClN9/c1-27-16-14(25-26-27)15(21-13-7-9(18)6-11(20)8-13)23-17(24-16)22-12-4-2-10(19)3-5-12/h6-8,10,12H,2-5,19-20H2,1H3,(H2,21,22,23,24). The Morgan fingerprint density at radius 3 is 2.67 bits per heavy atom. The first kappa shape index (κ1) is 17.7. The Morgan fingerprint density at radius 1 is 1.15 bits per heavy atom. The van der Waals surface area contributed by atoms with Gasteiger partial charge in [-0.1, -0.05) is 16.8 Å². The predicted molar refractivity (Wildman–Crippen MR) is 107 cm³/mol. The van der Waals surface area contributed by atoms with E-state index in [4.69, 9.17) is 23.1 Å². The van der Waals surface area contributed by atoms with E-state index in [0.717, 1.165) is 31.4 Å². The van der Waals surface area contributed by atoms with Crippen LogP contribution in [0.3, 0.4) is 0 Å². The molecule has 1 saturated carbocycles. The van der Waals surface area contributed by atoms with Crippen LogP contribution in [0.5, 0.6) is 0 Å². The Bertz CT molecular complexity index is 942. The van der Waals surface area contributed by atoms with Gasteiger partial charge in [-0.2, -0.15) is 9.97 Å². The number of hydrogen-bond donors (Lipinski definition) is 4. The zero-order valence-corrected chi connectivity index (χ0v) is 15.7. The van der Waals surface area contributed by atoms with Gasteiger partial charge >= 0.3 is 0 Å². The topological polar surface area (TPSA) is 133 Å². The molecule has 1 fully saturated rings. The molecule has 4 rings (SSSR count). The third-order valence-corrected chi connectivity index (χ3v) is 4.96. The number of nitrogen functional groups attached to an aromatic ring is 1. The molecule has 0 atom stereocenters. The number of nitrogens with one attached hydrogen (secondary N) is 2. The lowest BCUT2D eigenvalue weighted by molar-refractivity contribution is 0.410. The van der Waals surface area contributed by atoms with Crippen molar-refractivity contribution in [2.75, 3.05) is 16.4 Å². The average molecular weight is 388 g/mol. The van der Waals surface area contributed by atoms with Crippen LogP contribution in [0.4, 0.5) is 23.1 Å². The molecule has 2 heterocycles. The van der Waals surface area contributed by atoms with E-state index in [2.05, 4.69) is 30.9 Å². The number of nitrogens with two attached hydrogens (primary N) is 2. The highest BCUT2D eigenvalue weighted by molar-refractivity contribution is 6.31. The fourth-order valence-corrected chi connectivity index (χ4v) is 3.58. The molecule has 0 radical (unpaired) electrons.